The largest absolute Gasteiger partial charge is 0.482 e. The average molecular weight is 709 g/mol. The van der Waals surface area contributed by atoms with E-state index in [9.17, 15) is 31.2 Å². The van der Waals surface area contributed by atoms with Gasteiger partial charge in [-0.25, -0.2) is 16.8 Å². The maximum atomic E-state index is 13.3. The number of carbonyl (C=O) groups excluding carboxylic acids is 3. The fourth-order valence-electron chi connectivity index (χ4n) is 3.96. The van der Waals surface area contributed by atoms with Crippen molar-refractivity contribution in [1.82, 2.24) is 15.6 Å². The molecule has 0 fully saturated rings. The van der Waals surface area contributed by atoms with E-state index in [1.165, 1.54) is 43.5 Å². The highest BCUT2D eigenvalue weighted by Crippen LogP contribution is 2.28. The topological polar surface area (TPSA) is 237 Å². The number of esters is 1. The summed E-state index contributed by atoms with van der Waals surface area (Å²) in [5.41, 5.74) is 5.93. The third kappa shape index (κ3) is 10.4. The lowest BCUT2D eigenvalue weighted by Gasteiger charge is -2.20. The minimum Gasteiger partial charge on any atom is -0.482 e. The molecule has 0 radical (unpaired) electrons. The van der Waals surface area contributed by atoms with Gasteiger partial charge in [0.15, 0.2) is 31.7 Å². The number of carbonyl (C=O) groups is 3. The Hall–Kier alpha value is -4.74. The first-order chi connectivity index (χ1) is 22.2. The SMILES string of the molecule is CCOC(=O)CNC(=O)COc1cc(C(=N)N)ccc1S(=O)(=O)CNC(=O)c1cc(Cl)cc(NC(c2ccccn2)S(=O)(=O)CC)c1. The van der Waals surface area contributed by atoms with Crippen LogP contribution in [0.4, 0.5) is 5.69 Å². The number of anilines is 1. The van der Waals surface area contributed by atoms with Gasteiger partial charge in [0.1, 0.15) is 28.9 Å². The monoisotopic (exact) mass is 708 g/mol. The van der Waals surface area contributed by atoms with Crippen LogP contribution in [0.25, 0.3) is 0 Å². The van der Waals surface area contributed by atoms with Crippen molar-refractivity contribution in [3.8, 4) is 5.75 Å². The molecule has 3 rings (SSSR count). The van der Waals surface area contributed by atoms with Crippen LogP contribution in [0, 0.1) is 5.41 Å². The Kier molecular flexibility index (Phi) is 12.7. The summed E-state index contributed by atoms with van der Waals surface area (Å²) in [6.45, 7) is 2.07. The van der Waals surface area contributed by atoms with Crippen LogP contribution in [0.5, 0.6) is 5.75 Å². The molecule has 0 saturated carbocycles. The second-order valence-electron chi connectivity index (χ2n) is 9.67. The summed E-state index contributed by atoms with van der Waals surface area (Å²) in [6, 6.07) is 12.3. The first kappa shape index (κ1) is 36.7. The minimum atomic E-state index is -4.33. The van der Waals surface area contributed by atoms with Crippen LogP contribution in [0.2, 0.25) is 5.02 Å². The molecule has 1 unspecified atom stereocenters. The first-order valence-corrected chi connectivity index (χ1v) is 17.7. The van der Waals surface area contributed by atoms with Crippen molar-refractivity contribution in [3.05, 3.63) is 82.6 Å². The quantitative estimate of drug-likeness (QED) is 0.0813. The number of nitrogen functional groups attached to an aromatic ring is 1. The molecule has 0 aliphatic rings. The van der Waals surface area contributed by atoms with Crippen LogP contribution in [0.1, 0.15) is 40.8 Å². The van der Waals surface area contributed by atoms with E-state index in [1.54, 1.807) is 19.1 Å². The lowest BCUT2D eigenvalue weighted by molar-refractivity contribution is -0.143. The van der Waals surface area contributed by atoms with Gasteiger partial charge < -0.3 is 31.2 Å². The number of hydrogen-bond donors (Lipinski definition) is 5. The minimum absolute atomic E-state index is 0.0633. The Morgan fingerprint density at radius 2 is 1.74 bits per heavy atom. The van der Waals surface area contributed by atoms with Crippen LogP contribution in [0.15, 0.2) is 65.7 Å². The standard InChI is InChI=1S/C29H33ClN6O9S2/c1-3-44-26(38)15-34-25(37)16-45-23-13-18(27(31)32)8-9-24(23)47(42,43)17-35-28(39)19-11-20(30)14-21(12-19)36-29(46(40,41)4-2)22-7-5-6-10-33-22/h5-14,29,36H,3-4,15-17H2,1-2H3,(H3,31,32)(H,34,37)(H,35,39). The van der Waals surface area contributed by atoms with Gasteiger partial charge in [-0.2, -0.15) is 0 Å². The molecule has 0 spiro atoms. The fraction of sp³-hybridized carbons (Fsp3) is 0.276. The van der Waals surface area contributed by atoms with Crippen LogP contribution < -0.4 is 26.4 Å². The highest BCUT2D eigenvalue weighted by molar-refractivity contribution is 7.91. The third-order valence-electron chi connectivity index (χ3n) is 6.28. The van der Waals surface area contributed by atoms with Crippen molar-refractivity contribution < 1.29 is 40.7 Å². The molecule has 1 atom stereocenters. The molecule has 18 heteroatoms. The highest BCUT2D eigenvalue weighted by atomic mass is 35.5. The third-order valence-corrected chi connectivity index (χ3v) is 9.91. The normalized spacial score (nSPS) is 12.0. The smallest absolute Gasteiger partial charge is 0.325 e. The number of amides is 2. The summed E-state index contributed by atoms with van der Waals surface area (Å²) in [4.78, 5) is 40.5. The number of pyridine rings is 1. The summed E-state index contributed by atoms with van der Waals surface area (Å²) < 4.78 is 62.5. The Morgan fingerprint density at radius 1 is 1.00 bits per heavy atom. The predicted molar refractivity (Wildman–Crippen MR) is 174 cm³/mol. The molecule has 15 nitrogen and oxygen atoms in total. The van der Waals surface area contributed by atoms with Gasteiger partial charge in [0.05, 0.1) is 12.3 Å². The van der Waals surface area contributed by atoms with Crippen molar-refractivity contribution in [2.75, 3.05) is 36.7 Å². The molecule has 0 aliphatic heterocycles. The molecule has 2 amide bonds. The van der Waals surface area contributed by atoms with Gasteiger partial charge >= 0.3 is 5.97 Å². The molecule has 47 heavy (non-hydrogen) atoms. The molecule has 0 saturated heterocycles. The van der Waals surface area contributed by atoms with E-state index in [1.807, 2.05) is 0 Å². The number of halogens is 1. The summed E-state index contributed by atoms with van der Waals surface area (Å²) in [7, 11) is -8.05. The summed E-state index contributed by atoms with van der Waals surface area (Å²) in [5, 5.41) is 13.9. The Balaban J connectivity index is 1.79. The van der Waals surface area contributed by atoms with E-state index in [4.69, 9.17) is 32.2 Å². The lowest BCUT2D eigenvalue weighted by Crippen LogP contribution is -2.34. The maximum absolute atomic E-state index is 13.3. The summed E-state index contributed by atoms with van der Waals surface area (Å²) in [6.07, 6.45) is 1.44. The predicted octanol–water partition coefficient (Wildman–Crippen LogP) is 1.78. The zero-order chi connectivity index (χ0) is 34.8. The Morgan fingerprint density at radius 3 is 2.38 bits per heavy atom. The van der Waals surface area contributed by atoms with Crippen LogP contribution in [-0.4, -0.2) is 76.8 Å². The molecule has 6 N–H and O–H groups in total. The van der Waals surface area contributed by atoms with Gasteiger partial charge in [-0.3, -0.25) is 24.8 Å². The zero-order valence-corrected chi connectivity index (χ0v) is 27.7. The van der Waals surface area contributed by atoms with E-state index in [-0.39, 0.29) is 45.6 Å². The van der Waals surface area contributed by atoms with E-state index >= 15 is 0 Å². The van der Waals surface area contributed by atoms with E-state index in [0.717, 1.165) is 12.1 Å². The van der Waals surface area contributed by atoms with Crippen molar-refractivity contribution in [3.63, 3.8) is 0 Å². The molecule has 3 aromatic rings. The number of hydrogen-bond acceptors (Lipinski definition) is 12. The van der Waals surface area contributed by atoms with E-state index < -0.39 is 72.6 Å². The number of aromatic nitrogens is 1. The average Bonchev–Trinajstić information content (AvgIpc) is 3.04. The molecule has 252 valence electrons. The number of nitrogens with one attached hydrogen (secondary N) is 4. The van der Waals surface area contributed by atoms with Crippen LogP contribution in [0.3, 0.4) is 0 Å². The molecular formula is C29H33ClN6O9S2. The molecule has 1 aromatic heterocycles. The Labute approximate surface area is 276 Å². The van der Waals surface area contributed by atoms with Gasteiger partial charge in [0, 0.05) is 33.8 Å². The van der Waals surface area contributed by atoms with Gasteiger partial charge in [-0.05, 0) is 55.5 Å². The van der Waals surface area contributed by atoms with Crippen molar-refractivity contribution in [2.24, 2.45) is 5.73 Å². The fourth-order valence-corrected chi connectivity index (χ4v) is 6.53. The second kappa shape index (κ2) is 16.2. The van der Waals surface area contributed by atoms with Gasteiger partial charge in [-0.1, -0.05) is 24.6 Å². The molecule has 2 aromatic carbocycles. The van der Waals surface area contributed by atoms with Gasteiger partial charge in [-0.15, -0.1) is 0 Å². The Bertz CT molecular complexity index is 1860. The number of rotatable bonds is 16. The number of nitrogens with zero attached hydrogens (tertiary/aromatic N) is 1. The second-order valence-corrected chi connectivity index (χ2v) is 14.4. The summed E-state index contributed by atoms with van der Waals surface area (Å²) >= 11 is 6.23. The van der Waals surface area contributed by atoms with Crippen molar-refractivity contribution >= 4 is 60.6 Å². The van der Waals surface area contributed by atoms with Crippen LogP contribution >= 0.6 is 11.6 Å². The molecule has 0 aliphatic carbocycles. The lowest BCUT2D eigenvalue weighted by atomic mass is 10.2. The van der Waals surface area contributed by atoms with E-state index in [0.29, 0.717) is 0 Å². The van der Waals surface area contributed by atoms with Crippen LogP contribution in [-0.2, 0) is 34.0 Å². The van der Waals surface area contributed by atoms with Crippen molar-refractivity contribution in [1.29, 1.82) is 5.41 Å². The highest BCUT2D eigenvalue weighted by Gasteiger charge is 2.28. The molecule has 0 bridgehead atoms. The maximum Gasteiger partial charge on any atom is 0.325 e. The van der Waals surface area contributed by atoms with E-state index in [2.05, 4.69) is 20.9 Å². The van der Waals surface area contributed by atoms with Gasteiger partial charge in [0.2, 0.25) is 0 Å². The van der Waals surface area contributed by atoms with Crippen molar-refractivity contribution in [2.45, 2.75) is 24.1 Å². The number of nitrogens with two attached hydrogens (primary N) is 1. The molecule has 1 heterocycles. The molecular weight excluding hydrogens is 676 g/mol. The van der Waals surface area contributed by atoms with Gasteiger partial charge in [0.25, 0.3) is 11.8 Å². The number of sulfone groups is 2. The first-order valence-electron chi connectivity index (χ1n) is 13.9. The number of benzene rings is 2. The number of ether oxygens (including phenoxy) is 2. The number of amidine groups is 1. The zero-order valence-electron chi connectivity index (χ0n) is 25.3. The summed E-state index contributed by atoms with van der Waals surface area (Å²) in [5.74, 6) is -4.15.